The summed E-state index contributed by atoms with van der Waals surface area (Å²) >= 11 is 0. The fraction of sp³-hybridized carbons (Fsp3) is 0.588. The third-order valence-electron chi connectivity index (χ3n) is 3.44. The van der Waals surface area contributed by atoms with Gasteiger partial charge in [0.1, 0.15) is 5.78 Å². The molecule has 118 valence electrons. The number of sulfone groups is 1. The van der Waals surface area contributed by atoms with E-state index in [1.54, 1.807) is 12.1 Å². The van der Waals surface area contributed by atoms with E-state index in [9.17, 15) is 13.2 Å². The molecule has 0 aromatic heterocycles. The van der Waals surface area contributed by atoms with E-state index in [0.29, 0.717) is 35.9 Å². The van der Waals surface area contributed by atoms with Crippen molar-refractivity contribution in [2.45, 2.75) is 57.8 Å². The number of Topliss-reactive ketones (excluding diaryl/α,β-unsaturated/α-hetero) is 1. The molecule has 0 amide bonds. The second-order valence-corrected chi connectivity index (χ2v) is 7.87. The number of hydrogen-bond donors (Lipinski definition) is 0. The number of hydrogen-bond acceptors (Lipinski definition) is 3. The highest BCUT2D eigenvalue weighted by atomic mass is 32.2. The van der Waals surface area contributed by atoms with Gasteiger partial charge in [-0.15, -0.1) is 0 Å². The summed E-state index contributed by atoms with van der Waals surface area (Å²) in [7, 11) is -3.14. The zero-order chi connectivity index (χ0) is 15.9. The number of ketones is 1. The molecule has 21 heavy (non-hydrogen) atoms. The van der Waals surface area contributed by atoms with Crippen molar-refractivity contribution < 1.29 is 13.2 Å². The number of rotatable bonds is 9. The minimum Gasteiger partial charge on any atom is -0.300 e. The normalized spacial score (nSPS) is 13.1. The fourth-order valence-electron chi connectivity index (χ4n) is 2.46. The fourth-order valence-corrected chi connectivity index (χ4v) is 3.79. The van der Waals surface area contributed by atoms with Crippen molar-refractivity contribution in [2.24, 2.45) is 5.92 Å². The molecule has 0 fully saturated rings. The molecule has 0 aliphatic heterocycles. The van der Waals surface area contributed by atoms with Crippen LogP contribution in [-0.4, -0.2) is 20.0 Å². The highest BCUT2D eigenvalue weighted by molar-refractivity contribution is 7.91. The molecule has 4 heteroatoms. The van der Waals surface area contributed by atoms with Gasteiger partial charge >= 0.3 is 0 Å². The molecule has 1 aromatic carbocycles. The van der Waals surface area contributed by atoms with Crippen LogP contribution in [0.2, 0.25) is 0 Å². The predicted octanol–water partition coefficient (Wildman–Crippen LogP) is 3.81. The van der Waals surface area contributed by atoms with Crippen LogP contribution in [0.3, 0.4) is 0 Å². The molecule has 0 saturated carbocycles. The molecule has 0 N–H and O–H groups in total. The monoisotopic (exact) mass is 310 g/mol. The van der Waals surface area contributed by atoms with E-state index >= 15 is 0 Å². The second kappa shape index (κ2) is 8.32. The Balaban J connectivity index is 2.65. The highest BCUT2D eigenvalue weighted by Gasteiger charge is 2.14. The van der Waals surface area contributed by atoms with Gasteiger partial charge in [0.2, 0.25) is 0 Å². The van der Waals surface area contributed by atoms with Gasteiger partial charge < -0.3 is 0 Å². The molecule has 1 aromatic rings. The van der Waals surface area contributed by atoms with E-state index in [-0.39, 0.29) is 5.75 Å². The first-order chi connectivity index (χ1) is 9.89. The zero-order valence-electron chi connectivity index (χ0n) is 13.3. The van der Waals surface area contributed by atoms with E-state index in [4.69, 9.17) is 0 Å². The zero-order valence-corrected chi connectivity index (χ0v) is 14.1. The van der Waals surface area contributed by atoms with Crippen LogP contribution in [-0.2, 0) is 21.1 Å². The minimum atomic E-state index is -3.14. The molecular weight excluding hydrogens is 284 g/mol. The topological polar surface area (TPSA) is 51.2 Å². The summed E-state index contributed by atoms with van der Waals surface area (Å²) in [6, 6.07) is 7.09. The molecule has 0 aliphatic carbocycles. The first kappa shape index (κ1) is 17.9. The van der Waals surface area contributed by atoms with Gasteiger partial charge in [-0.2, -0.15) is 0 Å². The van der Waals surface area contributed by atoms with Crippen LogP contribution in [0.4, 0.5) is 0 Å². The van der Waals surface area contributed by atoms with Crippen molar-refractivity contribution in [1.29, 1.82) is 0 Å². The molecule has 3 nitrogen and oxygen atoms in total. The smallest absolute Gasteiger partial charge is 0.178 e. The maximum absolute atomic E-state index is 11.9. The van der Waals surface area contributed by atoms with Gasteiger partial charge in [0.25, 0.3) is 0 Å². The lowest BCUT2D eigenvalue weighted by Gasteiger charge is -2.11. The van der Waals surface area contributed by atoms with Crippen LogP contribution < -0.4 is 0 Å². The van der Waals surface area contributed by atoms with Gasteiger partial charge in [-0.1, -0.05) is 32.9 Å². The summed E-state index contributed by atoms with van der Waals surface area (Å²) in [6.45, 7) is 5.94. The first-order valence-electron chi connectivity index (χ1n) is 7.72. The van der Waals surface area contributed by atoms with Gasteiger partial charge in [0.05, 0.1) is 10.6 Å². The molecule has 1 rings (SSSR count). The van der Waals surface area contributed by atoms with E-state index in [1.807, 2.05) is 26.0 Å². The Morgan fingerprint density at radius 3 is 2.24 bits per heavy atom. The molecule has 0 bridgehead atoms. The molecule has 0 saturated heterocycles. The van der Waals surface area contributed by atoms with Gasteiger partial charge in [-0.25, -0.2) is 8.42 Å². The quantitative estimate of drug-likeness (QED) is 0.697. The Bertz CT molecular complexity index is 544. The van der Waals surface area contributed by atoms with E-state index in [0.717, 1.165) is 18.4 Å². The number of benzene rings is 1. The Morgan fingerprint density at radius 1 is 1.10 bits per heavy atom. The van der Waals surface area contributed by atoms with Gasteiger partial charge in [0.15, 0.2) is 9.84 Å². The summed E-state index contributed by atoms with van der Waals surface area (Å²) in [4.78, 5) is 12.0. The van der Waals surface area contributed by atoms with Crippen molar-refractivity contribution in [3.05, 3.63) is 29.8 Å². The second-order valence-electron chi connectivity index (χ2n) is 5.76. The Morgan fingerprint density at radius 2 is 1.71 bits per heavy atom. The number of carbonyl (C=O) groups is 1. The average Bonchev–Trinajstić information content (AvgIpc) is 2.39. The molecule has 0 heterocycles. The Hall–Kier alpha value is -1.16. The van der Waals surface area contributed by atoms with Crippen LogP contribution in [0, 0.1) is 5.92 Å². The lowest BCUT2D eigenvalue weighted by atomic mass is 9.95. The summed E-state index contributed by atoms with van der Waals surface area (Å²) in [5.41, 5.74) is 1.09. The Kier molecular flexibility index (Phi) is 7.09. The van der Waals surface area contributed by atoms with E-state index < -0.39 is 9.84 Å². The third kappa shape index (κ3) is 6.00. The standard InChI is InChI=1S/C17H26O3S/c1-4-6-16(18)13-14(3)12-15-7-9-17(10-8-15)21(19,20)11-5-2/h7-10,14H,4-6,11-13H2,1-3H3. The van der Waals surface area contributed by atoms with Crippen molar-refractivity contribution in [2.75, 3.05) is 5.75 Å². The van der Waals surface area contributed by atoms with E-state index in [2.05, 4.69) is 6.92 Å². The largest absolute Gasteiger partial charge is 0.300 e. The molecular formula is C17H26O3S. The number of carbonyl (C=O) groups excluding carboxylic acids is 1. The SMILES string of the molecule is CCCC(=O)CC(C)Cc1ccc(S(=O)(=O)CCC)cc1. The summed E-state index contributed by atoms with van der Waals surface area (Å²) in [5.74, 6) is 0.795. The van der Waals surface area contributed by atoms with Crippen LogP contribution in [0.15, 0.2) is 29.2 Å². The summed E-state index contributed by atoms with van der Waals surface area (Å²) in [5, 5.41) is 0. The van der Waals surface area contributed by atoms with Crippen LogP contribution >= 0.6 is 0 Å². The molecule has 0 radical (unpaired) electrons. The van der Waals surface area contributed by atoms with Gasteiger partial charge in [-0.05, 0) is 42.9 Å². The van der Waals surface area contributed by atoms with Crippen LogP contribution in [0.5, 0.6) is 0 Å². The lowest BCUT2D eigenvalue weighted by Crippen LogP contribution is -2.08. The van der Waals surface area contributed by atoms with Crippen LogP contribution in [0.25, 0.3) is 0 Å². The summed E-state index contributed by atoms with van der Waals surface area (Å²) in [6.07, 6.45) is 3.59. The molecule has 0 aliphatic rings. The molecule has 1 unspecified atom stereocenters. The average molecular weight is 310 g/mol. The van der Waals surface area contributed by atoms with Gasteiger partial charge in [-0.3, -0.25) is 4.79 Å². The Labute approximate surface area is 128 Å². The lowest BCUT2D eigenvalue weighted by molar-refractivity contribution is -0.119. The first-order valence-corrected chi connectivity index (χ1v) is 9.37. The highest BCUT2D eigenvalue weighted by Crippen LogP contribution is 2.17. The molecule has 1 atom stereocenters. The maximum atomic E-state index is 11.9. The van der Waals surface area contributed by atoms with Crippen molar-refractivity contribution in [1.82, 2.24) is 0 Å². The summed E-state index contributed by atoms with van der Waals surface area (Å²) < 4.78 is 23.9. The van der Waals surface area contributed by atoms with Crippen LogP contribution in [0.1, 0.15) is 52.0 Å². The minimum absolute atomic E-state index is 0.189. The molecule has 0 spiro atoms. The van der Waals surface area contributed by atoms with Crippen molar-refractivity contribution in [3.63, 3.8) is 0 Å². The predicted molar refractivity (Wildman–Crippen MR) is 86.2 cm³/mol. The van der Waals surface area contributed by atoms with Gasteiger partial charge in [0, 0.05) is 12.8 Å². The van der Waals surface area contributed by atoms with Crippen molar-refractivity contribution in [3.8, 4) is 0 Å². The van der Waals surface area contributed by atoms with Crippen molar-refractivity contribution >= 4 is 15.6 Å². The van der Waals surface area contributed by atoms with E-state index in [1.165, 1.54) is 0 Å². The third-order valence-corrected chi connectivity index (χ3v) is 5.38. The maximum Gasteiger partial charge on any atom is 0.178 e.